The molecule has 1 aromatic carbocycles. The minimum absolute atomic E-state index is 0.257. The smallest absolute Gasteiger partial charge is 0.261 e. The monoisotopic (exact) mass is 407 g/mol. The van der Waals surface area contributed by atoms with Crippen LogP contribution in [-0.2, 0) is 11.3 Å². The summed E-state index contributed by atoms with van der Waals surface area (Å²) in [5.41, 5.74) is 1.73. The number of nitrogens with one attached hydrogen (secondary N) is 1. The number of halogens is 2. The summed E-state index contributed by atoms with van der Waals surface area (Å²) < 4.78 is 5.60. The molecule has 0 aliphatic heterocycles. The van der Waals surface area contributed by atoms with E-state index in [9.17, 15) is 4.79 Å². The van der Waals surface area contributed by atoms with Crippen LogP contribution in [0.25, 0.3) is 10.6 Å². The van der Waals surface area contributed by atoms with Gasteiger partial charge in [0.15, 0.2) is 6.10 Å². The number of carbonyl (C=O) groups excluding carboxylic acids is 1. The van der Waals surface area contributed by atoms with Crippen molar-refractivity contribution in [3.05, 3.63) is 63.8 Å². The number of amides is 1. The molecule has 0 spiro atoms. The van der Waals surface area contributed by atoms with Crippen LogP contribution < -0.4 is 10.1 Å². The Kier molecular flexibility index (Phi) is 6.08. The highest BCUT2D eigenvalue weighted by Crippen LogP contribution is 2.28. The second kappa shape index (κ2) is 8.49. The zero-order chi connectivity index (χ0) is 18.5. The summed E-state index contributed by atoms with van der Waals surface area (Å²) in [4.78, 5) is 20.8. The predicted octanol–water partition coefficient (Wildman–Crippen LogP) is 4.60. The minimum atomic E-state index is -0.704. The molecule has 2 heterocycles. The van der Waals surface area contributed by atoms with Crippen LogP contribution in [0.4, 0.5) is 0 Å². The molecular formula is C18H15Cl2N3O2S. The van der Waals surface area contributed by atoms with E-state index in [4.69, 9.17) is 27.9 Å². The molecule has 1 unspecified atom stereocenters. The van der Waals surface area contributed by atoms with Gasteiger partial charge >= 0.3 is 0 Å². The van der Waals surface area contributed by atoms with Crippen LogP contribution >= 0.6 is 34.5 Å². The Morgan fingerprint density at radius 2 is 2.19 bits per heavy atom. The van der Waals surface area contributed by atoms with Crippen molar-refractivity contribution < 1.29 is 9.53 Å². The number of aromatic nitrogens is 2. The average molecular weight is 408 g/mol. The lowest BCUT2D eigenvalue weighted by Crippen LogP contribution is -2.36. The number of ether oxygens (including phenoxy) is 1. The van der Waals surface area contributed by atoms with E-state index < -0.39 is 6.10 Å². The van der Waals surface area contributed by atoms with Crippen molar-refractivity contribution in [2.24, 2.45) is 0 Å². The number of thiazole rings is 1. The molecule has 2 aromatic heterocycles. The van der Waals surface area contributed by atoms with Crippen LogP contribution in [0.2, 0.25) is 10.0 Å². The fourth-order valence-electron chi connectivity index (χ4n) is 2.15. The van der Waals surface area contributed by atoms with Crippen LogP contribution in [0.5, 0.6) is 5.75 Å². The van der Waals surface area contributed by atoms with E-state index >= 15 is 0 Å². The highest BCUT2D eigenvalue weighted by atomic mass is 35.5. The Hall–Kier alpha value is -2.15. The van der Waals surface area contributed by atoms with E-state index in [-0.39, 0.29) is 5.91 Å². The quantitative estimate of drug-likeness (QED) is 0.648. The molecule has 8 heteroatoms. The number of hydrogen-bond donors (Lipinski definition) is 1. The lowest BCUT2D eigenvalue weighted by atomic mass is 10.3. The number of hydrogen-bond acceptors (Lipinski definition) is 5. The summed E-state index contributed by atoms with van der Waals surface area (Å²) in [5.74, 6) is 0.151. The van der Waals surface area contributed by atoms with Gasteiger partial charge in [-0.3, -0.25) is 9.78 Å². The van der Waals surface area contributed by atoms with Gasteiger partial charge < -0.3 is 10.1 Å². The normalized spacial score (nSPS) is 11.8. The molecule has 0 fully saturated rings. The summed E-state index contributed by atoms with van der Waals surface area (Å²) >= 11 is 13.4. The zero-order valence-electron chi connectivity index (χ0n) is 13.8. The Labute approximate surface area is 165 Å². The number of pyridine rings is 1. The second-order valence-corrected chi connectivity index (χ2v) is 7.14. The van der Waals surface area contributed by atoms with Crippen LogP contribution in [0.15, 0.2) is 48.1 Å². The summed E-state index contributed by atoms with van der Waals surface area (Å²) in [6, 6.07) is 8.66. The van der Waals surface area contributed by atoms with E-state index in [2.05, 4.69) is 15.3 Å². The van der Waals surface area contributed by atoms with E-state index in [0.29, 0.717) is 22.3 Å². The van der Waals surface area contributed by atoms with E-state index in [1.54, 1.807) is 37.5 Å². The van der Waals surface area contributed by atoms with Crippen molar-refractivity contribution in [1.29, 1.82) is 0 Å². The third-order valence-corrected chi connectivity index (χ3v) is 4.94. The third-order valence-electron chi connectivity index (χ3n) is 3.47. The van der Waals surface area contributed by atoms with Gasteiger partial charge in [0, 0.05) is 28.4 Å². The first kappa shape index (κ1) is 18.6. The number of rotatable bonds is 6. The molecule has 0 saturated heterocycles. The molecule has 1 atom stereocenters. The summed E-state index contributed by atoms with van der Waals surface area (Å²) in [6.45, 7) is 1.97. The first-order valence-electron chi connectivity index (χ1n) is 7.77. The highest BCUT2D eigenvalue weighted by molar-refractivity contribution is 7.13. The number of benzene rings is 1. The van der Waals surface area contributed by atoms with Gasteiger partial charge in [0.1, 0.15) is 10.8 Å². The molecule has 5 nitrogen and oxygen atoms in total. The van der Waals surface area contributed by atoms with Gasteiger partial charge in [-0.15, -0.1) is 11.3 Å². The highest BCUT2D eigenvalue weighted by Gasteiger charge is 2.16. The summed E-state index contributed by atoms with van der Waals surface area (Å²) in [7, 11) is 0. The molecular weight excluding hydrogens is 393 g/mol. The molecule has 0 aliphatic rings. The largest absolute Gasteiger partial charge is 0.479 e. The molecule has 3 aromatic rings. The lowest BCUT2D eigenvalue weighted by Gasteiger charge is -2.15. The molecule has 3 rings (SSSR count). The van der Waals surface area contributed by atoms with Crippen LogP contribution in [0, 0.1) is 0 Å². The summed E-state index contributed by atoms with van der Waals surface area (Å²) in [6.07, 6.45) is 2.77. The van der Waals surface area contributed by atoms with Gasteiger partial charge in [-0.05, 0) is 37.3 Å². The molecule has 1 amide bonds. The van der Waals surface area contributed by atoms with Gasteiger partial charge in [0.05, 0.1) is 17.3 Å². The van der Waals surface area contributed by atoms with Gasteiger partial charge in [0.25, 0.3) is 5.91 Å². The van der Waals surface area contributed by atoms with Crippen LogP contribution in [0.3, 0.4) is 0 Å². The van der Waals surface area contributed by atoms with Crippen molar-refractivity contribution in [3.8, 4) is 16.3 Å². The van der Waals surface area contributed by atoms with Gasteiger partial charge in [-0.25, -0.2) is 4.98 Å². The lowest BCUT2D eigenvalue weighted by molar-refractivity contribution is -0.127. The van der Waals surface area contributed by atoms with Gasteiger partial charge in [0.2, 0.25) is 0 Å². The standard InChI is InChI=1S/C18H15Cl2N3O2S/c1-11(25-16-5-4-13(19)7-15(16)20)17(24)22-9-14-10-26-18(23-14)12-3-2-6-21-8-12/h2-8,10-11H,9H2,1H3,(H,22,24). The van der Waals surface area contributed by atoms with Crippen molar-refractivity contribution in [3.63, 3.8) is 0 Å². The molecule has 0 radical (unpaired) electrons. The first-order valence-corrected chi connectivity index (χ1v) is 9.40. The molecule has 134 valence electrons. The maximum absolute atomic E-state index is 12.2. The van der Waals surface area contributed by atoms with Gasteiger partial charge in [-0.2, -0.15) is 0 Å². The molecule has 0 saturated carbocycles. The predicted molar refractivity (Wildman–Crippen MR) is 104 cm³/mol. The fraction of sp³-hybridized carbons (Fsp3) is 0.167. The number of carbonyl (C=O) groups is 1. The number of nitrogens with zero attached hydrogens (tertiary/aromatic N) is 2. The van der Waals surface area contributed by atoms with Crippen molar-refractivity contribution in [1.82, 2.24) is 15.3 Å². The molecule has 0 bridgehead atoms. The van der Waals surface area contributed by atoms with Crippen molar-refractivity contribution in [2.45, 2.75) is 19.6 Å². The van der Waals surface area contributed by atoms with Crippen molar-refractivity contribution in [2.75, 3.05) is 0 Å². The fourth-order valence-corrected chi connectivity index (χ4v) is 3.41. The maximum Gasteiger partial charge on any atom is 0.261 e. The zero-order valence-corrected chi connectivity index (χ0v) is 16.1. The molecule has 1 N–H and O–H groups in total. The molecule has 26 heavy (non-hydrogen) atoms. The van der Waals surface area contributed by atoms with E-state index in [0.717, 1.165) is 16.3 Å². The Morgan fingerprint density at radius 3 is 2.92 bits per heavy atom. The Morgan fingerprint density at radius 1 is 1.35 bits per heavy atom. The van der Waals surface area contributed by atoms with Crippen LogP contribution in [0.1, 0.15) is 12.6 Å². The van der Waals surface area contributed by atoms with Crippen molar-refractivity contribution >= 4 is 40.4 Å². The SMILES string of the molecule is CC(Oc1ccc(Cl)cc1Cl)C(=O)NCc1csc(-c2cccnc2)n1. The van der Waals surface area contributed by atoms with E-state index in [1.165, 1.54) is 11.3 Å². The van der Waals surface area contributed by atoms with Gasteiger partial charge in [-0.1, -0.05) is 23.2 Å². The van der Waals surface area contributed by atoms with Crippen LogP contribution in [-0.4, -0.2) is 22.0 Å². The topological polar surface area (TPSA) is 64.1 Å². The maximum atomic E-state index is 12.2. The molecule has 0 aliphatic carbocycles. The Bertz CT molecular complexity index is 902. The second-order valence-electron chi connectivity index (χ2n) is 5.44. The summed E-state index contributed by atoms with van der Waals surface area (Å²) in [5, 5.41) is 6.44. The Balaban J connectivity index is 1.56. The first-order chi connectivity index (χ1) is 12.5. The third kappa shape index (κ3) is 4.72. The van der Waals surface area contributed by atoms with E-state index in [1.807, 2.05) is 17.5 Å². The minimum Gasteiger partial charge on any atom is -0.479 e. The average Bonchev–Trinajstić information content (AvgIpc) is 3.11.